The van der Waals surface area contributed by atoms with Crippen LogP contribution in [0.5, 0.6) is 11.5 Å². The van der Waals surface area contributed by atoms with Crippen molar-refractivity contribution in [3.8, 4) is 11.5 Å². The average molecular weight is 417 g/mol. The number of nitrogens with one attached hydrogen (secondary N) is 2. The molecule has 30 heavy (non-hydrogen) atoms. The van der Waals surface area contributed by atoms with Gasteiger partial charge in [-0.3, -0.25) is 9.59 Å². The number of hydrogen-bond donors (Lipinski definition) is 2. The number of benzene rings is 1. The summed E-state index contributed by atoms with van der Waals surface area (Å²) in [5.74, 6) is 1.49. The molecule has 0 spiro atoms. The van der Waals surface area contributed by atoms with Crippen molar-refractivity contribution >= 4 is 11.8 Å². The molecule has 0 radical (unpaired) electrons. The molecule has 2 N–H and O–H groups in total. The van der Waals surface area contributed by atoms with Gasteiger partial charge in [-0.05, 0) is 56.0 Å². The molecule has 164 valence electrons. The lowest BCUT2D eigenvalue weighted by atomic mass is 9.95. The van der Waals surface area contributed by atoms with Crippen LogP contribution in [0.1, 0.15) is 62.7 Å². The Labute approximate surface area is 178 Å². The van der Waals surface area contributed by atoms with Gasteiger partial charge in [0.1, 0.15) is 0 Å². The summed E-state index contributed by atoms with van der Waals surface area (Å²) < 4.78 is 16.4. The monoisotopic (exact) mass is 416 g/mol. The Kier molecular flexibility index (Phi) is 9.25. The zero-order chi connectivity index (χ0) is 21.9. The normalized spacial score (nSPS) is 11.8. The fraction of sp³-hybridized carbons (Fsp3) is 0.478. The van der Waals surface area contributed by atoms with Gasteiger partial charge in [-0.1, -0.05) is 19.9 Å². The third-order valence-corrected chi connectivity index (χ3v) is 4.52. The molecule has 0 saturated carbocycles. The van der Waals surface area contributed by atoms with Gasteiger partial charge in [-0.25, -0.2) is 0 Å². The Morgan fingerprint density at radius 3 is 2.43 bits per heavy atom. The van der Waals surface area contributed by atoms with Crippen LogP contribution in [0.15, 0.2) is 41.0 Å². The van der Waals surface area contributed by atoms with Crippen molar-refractivity contribution in [2.24, 2.45) is 5.92 Å². The third-order valence-electron chi connectivity index (χ3n) is 4.52. The molecule has 1 aromatic carbocycles. The van der Waals surface area contributed by atoms with Crippen molar-refractivity contribution in [3.05, 3.63) is 47.9 Å². The van der Waals surface area contributed by atoms with Crippen LogP contribution in [-0.4, -0.2) is 31.6 Å². The van der Waals surface area contributed by atoms with Crippen molar-refractivity contribution in [2.45, 2.75) is 46.6 Å². The summed E-state index contributed by atoms with van der Waals surface area (Å²) in [6, 6.07) is 8.89. The zero-order valence-electron chi connectivity index (χ0n) is 18.2. The Hall–Kier alpha value is -2.96. The van der Waals surface area contributed by atoms with E-state index in [0.29, 0.717) is 44.1 Å². The summed E-state index contributed by atoms with van der Waals surface area (Å²) in [4.78, 5) is 24.3. The van der Waals surface area contributed by atoms with Crippen LogP contribution in [0.25, 0.3) is 0 Å². The van der Waals surface area contributed by atoms with E-state index in [1.807, 2.05) is 32.0 Å². The minimum Gasteiger partial charge on any atom is -0.490 e. The van der Waals surface area contributed by atoms with Gasteiger partial charge in [0.25, 0.3) is 5.91 Å². The molecule has 1 unspecified atom stereocenters. The molecule has 7 heteroatoms. The lowest BCUT2D eigenvalue weighted by Crippen LogP contribution is -2.32. The van der Waals surface area contributed by atoms with Gasteiger partial charge in [-0.2, -0.15) is 0 Å². The zero-order valence-corrected chi connectivity index (χ0v) is 18.2. The van der Waals surface area contributed by atoms with E-state index >= 15 is 0 Å². The molecule has 2 rings (SSSR count). The summed E-state index contributed by atoms with van der Waals surface area (Å²) in [6.45, 7) is 9.46. The number of rotatable bonds is 12. The van der Waals surface area contributed by atoms with Gasteiger partial charge in [0.05, 0.1) is 25.5 Å². The maximum Gasteiger partial charge on any atom is 0.286 e. The number of carbonyl (C=O) groups is 2. The first kappa shape index (κ1) is 23.3. The van der Waals surface area contributed by atoms with Crippen LogP contribution in [0.4, 0.5) is 0 Å². The average Bonchev–Trinajstić information content (AvgIpc) is 3.26. The number of carbonyl (C=O) groups excluding carboxylic acids is 2. The maximum atomic E-state index is 12.5. The molecule has 7 nitrogen and oxygen atoms in total. The highest BCUT2D eigenvalue weighted by Gasteiger charge is 2.20. The smallest absolute Gasteiger partial charge is 0.286 e. The van der Waals surface area contributed by atoms with E-state index in [9.17, 15) is 9.59 Å². The van der Waals surface area contributed by atoms with Gasteiger partial charge >= 0.3 is 0 Å². The molecule has 0 bridgehead atoms. The molecule has 0 aliphatic heterocycles. The number of ether oxygens (including phenoxy) is 2. The highest BCUT2D eigenvalue weighted by Crippen LogP contribution is 2.33. The lowest BCUT2D eigenvalue weighted by molar-refractivity contribution is -0.122. The van der Waals surface area contributed by atoms with Crippen LogP contribution < -0.4 is 20.1 Å². The van der Waals surface area contributed by atoms with E-state index < -0.39 is 0 Å². The first-order valence-electron chi connectivity index (χ1n) is 10.5. The number of hydrogen-bond acceptors (Lipinski definition) is 5. The van der Waals surface area contributed by atoms with E-state index in [1.165, 1.54) is 6.26 Å². The minimum absolute atomic E-state index is 0.0622. The van der Waals surface area contributed by atoms with E-state index in [1.54, 1.807) is 12.1 Å². The van der Waals surface area contributed by atoms with Gasteiger partial charge in [-0.15, -0.1) is 0 Å². The van der Waals surface area contributed by atoms with Crippen LogP contribution in [0.3, 0.4) is 0 Å². The van der Waals surface area contributed by atoms with E-state index in [-0.39, 0.29) is 29.5 Å². The molecule has 2 amide bonds. The van der Waals surface area contributed by atoms with Gasteiger partial charge in [0.15, 0.2) is 17.3 Å². The summed E-state index contributed by atoms with van der Waals surface area (Å²) in [6.07, 6.45) is 2.31. The fourth-order valence-corrected chi connectivity index (χ4v) is 3.09. The summed E-state index contributed by atoms with van der Waals surface area (Å²) in [5, 5.41) is 5.85. The van der Waals surface area contributed by atoms with Crippen molar-refractivity contribution in [1.82, 2.24) is 10.6 Å². The molecule has 0 fully saturated rings. The summed E-state index contributed by atoms with van der Waals surface area (Å²) >= 11 is 0. The quantitative estimate of drug-likeness (QED) is 0.509. The van der Waals surface area contributed by atoms with Crippen LogP contribution in [0.2, 0.25) is 0 Å². The predicted octanol–water partition coefficient (Wildman–Crippen LogP) is 4.10. The Bertz CT molecular complexity index is 802. The third kappa shape index (κ3) is 6.83. The standard InChI is InChI=1S/C23H32N2O5/c1-5-28-18-12-11-17(15-20(18)29-6-2)22(16(3)4)25-21(26)10-7-13-24-23(27)19-9-8-14-30-19/h8-9,11-12,14-16,22H,5-7,10,13H2,1-4H3,(H,24,27)(H,25,26). The van der Waals surface area contributed by atoms with E-state index in [2.05, 4.69) is 24.5 Å². The van der Waals surface area contributed by atoms with Crippen molar-refractivity contribution in [3.63, 3.8) is 0 Å². The molecule has 1 aromatic heterocycles. The van der Waals surface area contributed by atoms with Crippen LogP contribution >= 0.6 is 0 Å². The summed E-state index contributed by atoms with van der Waals surface area (Å²) in [7, 11) is 0. The highest BCUT2D eigenvalue weighted by molar-refractivity contribution is 5.91. The molecule has 1 heterocycles. The molecule has 0 aliphatic carbocycles. The number of furan rings is 1. The predicted molar refractivity (Wildman–Crippen MR) is 115 cm³/mol. The SMILES string of the molecule is CCOc1ccc(C(NC(=O)CCCNC(=O)c2ccco2)C(C)C)cc1OCC. The van der Waals surface area contributed by atoms with Crippen molar-refractivity contribution < 1.29 is 23.5 Å². The first-order chi connectivity index (χ1) is 14.5. The van der Waals surface area contributed by atoms with Crippen molar-refractivity contribution in [1.29, 1.82) is 0 Å². The summed E-state index contributed by atoms with van der Waals surface area (Å²) in [5.41, 5.74) is 0.969. The molecular weight excluding hydrogens is 384 g/mol. The Morgan fingerprint density at radius 1 is 1.07 bits per heavy atom. The molecular formula is C23H32N2O5. The van der Waals surface area contributed by atoms with Crippen LogP contribution in [-0.2, 0) is 4.79 Å². The lowest BCUT2D eigenvalue weighted by Gasteiger charge is -2.24. The second-order valence-corrected chi connectivity index (χ2v) is 7.20. The second-order valence-electron chi connectivity index (χ2n) is 7.20. The van der Waals surface area contributed by atoms with Gasteiger partial charge in [0, 0.05) is 13.0 Å². The number of amides is 2. The molecule has 0 aliphatic rings. The van der Waals surface area contributed by atoms with Gasteiger partial charge < -0.3 is 24.5 Å². The Balaban J connectivity index is 1.92. The van der Waals surface area contributed by atoms with E-state index in [4.69, 9.17) is 13.9 Å². The fourth-order valence-electron chi connectivity index (χ4n) is 3.09. The van der Waals surface area contributed by atoms with Crippen LogP contribution in [0, 0.1) is 5.92 Å². The second kappa shape index (κ2) is 11.9. The molecule has 2 aromatic rings. The van der Waals surface area contributed by atoms with Crippen molar-refractivity contribution in [2.75, 3.05) is 19.8 Å². The topological polar surface area (TPSA) is 89.8 Å². The first-order valence-corrected chi connectivity index (χ1v) is 10.5. The largest absolute Gasteiger partial charge is 0.490 e. The van der Waals surface area contributed by atoms with E-state index in [0.717, 1.165) is 5.56 Å². The minimum atomic E-state index is -0.279. The molecule has 1 atom stereocenters. The molecule has 0 saturated heterocycles. The Morgan fingerprint density at radius 2 is 1.80 bits per heavy atom. The van der Waals surface area contributed by atoms with Gasteiger partial charge in [0.2, 0.25) is 5.91 Å². The maximum absolute atomic E-state index is 12.5. The highest BCUT2D eigenvalue weighted by atomic mass is 16.5.